The Labute approximate surface area is 148 Å². The van der Waals surface area contributed by atoms with Crippen LogP contribution in [0.3, 0.4) is 0 Å². The zero-order chi connectivity index (χ0) is 17.6. The van der Waals surface area contributed by atoms with Crippen molar-refractivity contribution in [3.63, 3.8) is 0 Å². The third-order valence-corrected chi connectivity index (χ3v) is 4.22. The van der Waals surface area contributed by atoms with E-state index >= 15 is 0 Å². The molecule has 3 rings (SSSR count). The van der Waals surface area contributed by atoms with Gasteiger partial charge in [-0.2, -0.15) is 0 Å². The number of fused-ring (bicyclic) bond motifs is 1. The summed E-state index contributed by atoms with van der Waals surface area (Å²) in [5.41, 5.74) is 1.50. The molecule has 1 atom stereocenters. The second-order valence-electron chi connectivity index (χ2n) is 6.86. The first-order valence-electron chi connectivity index (χ1n) is 8.84. The Morgan fingerprint density at radius 2 is 2.20 bits per heavy atom. The summed E-state index contributed by atoms with van der Waals surface area (Å²) in [6, 6.07) is 9.37. The van der Waals surface area contributed by atoms with Crippen molar-refractivity contribution in [2.75, 3.05) is 38.1 Å². The lowest BCUT2D eigenvalue weighted by Crippen LogP contribution is -2.48. The average Bonchev–Trinajstić information content (AvgIpc) is 2.60. The molecule has 0 saturated carbocycles. The molecular formula is C19H26N4O2. The van der Waals surface area contributed by atoms with Gasteiger partial charge in [-0.15, -0.1) is 0 Å². The number of rotatable bonds is 5. The van der Waals surface area contributed by atoms with Crippen LogP contribution in [0.25, 0.3) is 10.9 Å². The Morgan fingerprint density at radius 3 is 3.04 bits per heavy atom. The van der Waals surface area contributed by atoms with Gasteiger partial charge in [0, 0.05) is 37.8 Å². The van der Waals surface area contributed by atoms with Gasteiger partial charge in [0.2, 0.25) is 0 Å². The number of hydrogen-bond acceptors (Lipinski definition) is 4. The van der Waals surface area contributed by atoms with Gasteiger partial charge in [-0.05, 0) is 18.1 Å². The van der Waals surface area contributed by atoms with Crippen molar-refractivity contribution >= 4 is 22.6 Å². The molecule has 2 N–H and O–H groups in total. The van der Waals surface area contributed by atoms with Crippen LogP contribution in [0.15, 0.2) is 36.5 Å². The zero-order valence-electron chi connectivity index (χ0n) is 14.9. The summed E-state index contributed by atoms with van der Waals surface area (Å²) < 4.78 is 5.76. The topological polar surface area (TPSA) is 66.5 Å². The fourth-order valence-corrected chi connectivity index (χ4v) is 3.16. The summed E-state index contributed by atoms with van der Waals surface area (Å²) in [7, 11) is 0. The van der Waals surface area contributed by atoms with Gasteiger partial charge in [0.1, 0.15) is 0 Å². The number of carbonyl (C=O) groups excluding carboxylic acids is 1. The number of carbonyl (C=O) groups is 1. The smallest absolute Gasteiger partial charge is 0.319 e. The van der Waals surface area contributed by atoms with Gasteiger partial charge in [-0.25, -0.2) is 4.79 Å². The number of nitrogens with zero attached hydrogens (tertiary/aromatic N) is 2. The predicted octanol–water partition coefficient (Wildman–Crippen LogP) is 2.71. The molecule has 1 fully saturated rings. The lowest BCUT2D eigenvalue weighted by Gasteiger charge is -2.33. The maximum absolute atomic E-state index is 12.2. The Bertz CT molecular complexity index is 714. The SMILES string of the molecule is CC(C)CN1CCOC(CNC(=O)Nc2cccc3cccnc23)C1. The summed E-state index contributed by atoms with van der Waals surface area (Å²) in [5.74, 6) is 0.633. The first-order chi connectivity index (χ1) is 12.1. The number of nitrogens with one attached hydrogen (secondary N) is 2. The monoisotopic (exact) mass is 342 g/mol. The normalized spacial score (nSPS) is 18.4. The van der Waals surface area contributed by atoms with E-state index in [4.69, 9.17) is 4.74 Å². The molecule has 2 amide bonds. The highest BCUT2D eigenvalue weighted by atomic mass is 16.5. The van der Waals surface area contributed by atoms with Crippen molar-refractivity contribution in [2.45, 2.75) is 20.0 Å². The first-order valence-corrected chi connectivity index (χ1v) is 8.84. The van der Waals surface area contributed by atoms with Crippen LogP contribution in [0.5, 0.6) is 0 Å². The van der Waals surface area contributed by atoms with Crippen LogP contribution in [0.1, 0.15) is 13.8 Å². The van der Waals surface area contributed by atoms with E-state index in [9.17, 15) is 4.79 Å². The van der Waals surface area contributed by atoms with Crippen molar-refractivity contribution in [2.24, 2.45) is 5.92 Å². The molecule has 2 heterocycles. The Hall–Kier alpha value is -2.18. The second-order valence-corrected chi connectivity index (χ2v) is 6.86. The highest BCUT2D eigenvalue weighted by Gasteiger charge is 2.21. The van der Waals surface area contributed by atoms with E-state index in [0.29, 0.717) is 24.8 Å². The lowest BCUT2D eigenvalue weighted by atomic mass is 10.2. The number of pyridine rings is 1. The van der Waals surface area contributed by atoms with Crippen molar-refractivity contribution in [3.05, 3.63) is 36.5 Å². The largest absolute Gasteiger partial charge is 0.374 e. The molecule has 1 aliphatic heterocycles. The number of aromatic nitrogens is 1. The summed E-state index contributed by atoms with van der Waals surface area (Å²) in [6.45, 7) is 8.53. The molecule has 0 aliphatic carbocycles. The van der Waals surface area contributed by atoms with Crippen molar-refractivity contribution < 1.29 is 9.53 Å². The molecule has 2 aromatic rings. The summed E-state index contributed by atoms with van der Waals surface area (Å²) in [6.07, 6.45) is 1.76. The number of urea groups is 1. The van der Waals surface area contributed by atoms with E-state index in [2.05, 4.69) is 34.4 Å². The maximum atomic E-state index is 12.2. The van der Waals surface area contributed by atoms with E-state index in [0.717, 1.165) is 30.5 Å². The van der Waals surface area contributed by atoms with Gasteiger partial charge in [0.05, 0.1) is 23.9 Å². The van der Waals surface area contributed by atoms with E-state index in [1.165, 1.54) is 0 Å². The van der Waals surface area contributed by atoms with Crippen LogP contribution < -0.4 is 10.6 Å². The number of para-hydroxylation sites is 1. The molecule has 25 heavy (non-hydrogen) atoms. The van der Waals surface area contributed by atoms with E-state index in [1.54, 1.807) is 6.20 Å². The minimum absolute atomic E-state index is 0.0314. The van der Waals surface area contributed by atoms with E-state index < -0.39 is 0 Å². The molecule has 0 spiro atoms. The molecule has 1 saturated heterocycles. The summed E-state index contributed by atoms with van der Waals surface area (Å²) >= 11 is 0. The molecule has 1 aromatic heterocycles. The van der Waals surface area contributed by atoms with Crippen LogP contribution in [-0.4, -0.2) is 54.8 Å². The lowest BCUT2D eigenvalue weighted by molar-refractivity contribution is -0.0288. The zero-order valence-corrected chi connectivity index (χ0v) is 14.9. The molecule has 134 valence electrons. The van der Waals surface area contributed by atoms with Gasteiger partial charge in [0.15, 0.2) is 0 Å². The van der Waals surface area contributed by atoms with Crippen LogP contribution in [0.2, 0.25) is 0 Å². The minimum Gasteiger partial charge on any atom is -0.374 e. The average molecular weight is 342 g/mol. The van der Waals surface area contributed by atoms with E-state index in [1.807, 2.05) is 30.3 Å². The van der Waals surface area contributed by atoms with Crippen molar-refractivity contribution in [3.8, 4) is 0 Å². The van der Waals surface area contributed by atoms with Gasteiger partial charge in [0.25, 0.3) is 0 Å². The van der Waals surface area contributed by atoms with Gasteiger partial charge in [-0.3, -0.25) is 9.88 Å². The quantitative estimate of drug-likeness (QED) is 0.877. The molecular weight excluding hydrogens is 316 g/mol. The first kappa shape index (κ1) is 17.6. The highest BCUT2D eigenvalue weighted by molar-refractivity contribution is 5.99. The Kier molecular flexibility index (Phi) is 5.83. The van der Waals surface area contributed by atoms with Gasteiger partial charge >= 0.3 is 6.03 Å². The number of amides is 2. The number of benzene rings is 1. The molecule has 1 aromatic carbocycles. The molecule has 1 aliphatic rings. The molecule has 1 unspecified atom stereocenters. The minimum atomic E-state index is -0.234. The van der Waals surface area contributed by atoms with E-state index in [-0.39, 0.29) is 12.1 Å². The predicted molar refractivity (Wildman–Crippen MR) is 99.8 cm³/mol. The molecule has 0 radical (unpaired) electrons. The second kappa shape index (κ2) is 8.27. The number of anilines is 1. The fourth-order valence-electron chi connectivity index (χ4n) is 3.16. The number of morpholine rings is 1. The van der Waals surface area contributed by atoms with Crippen molar-refractivity contribution in [1.29, 1.82) is 0 Å². The third kappa shape index (κ3) is 4.90. The van der Waals surface area contributed by atoms with Crippen molar-refractivity contribution in [1.82, 2.24) is 15.2 Å². The maximum Gasteiger partial charge on any atom is 0.319 e. The molecule has 0 bridgehead atoms. The summed E-state index contributed by atoms with van der Waals surface area (Å²) in [5, 5.41) is 6.80. The molecule has 6 nitrogen and oxygen atoms in total. The number of hydrogen-bond donors (Lipinski definition) is 2. The van der Waals surface area contributed by atoms with Crippen LogP contribution >= 0.6 is 0 Å². The van der Waals surface area contributed by atoms with Crippen LogP contribution in [-0.2, 0) is 4.74 Å². The highest BCUT2D eigenvalue weighted by Crippen LogP contribution is 2.20. The van der Waals surface area contributed by atoms with Gasteiger partial charge in [-0.1, -0.05) is 32.0 Å². The van der Waals surface area contributed by atoms with Crippen LogP contribution in [0.4, 0.5) is 10.5 Å². The van der Waals surface area contributed by atoms with Crippen LogP contribution in [0, 0.1) is 5.92 Å². The fraction of sp³-hybridized carbons (Fsp3) is 0.474. The standard InChI is InChI=1S/C19H26N4O2/c1-14(2)12-23-9-10-25-16(13-23)11-21-19(24)22-17-7-3-5-15-6-4-8-20-18(15)17/h3-8,14,16H,9-13H2,1-2H3,(H2,21,22,24). The number of ether oxygens (including phenoxy) is 1. The summed E-state index contributed by atoms with van der Waals surface area (Å²) in [4.78, 5) is 19.0. The Morgan fingerprint density at radius 1 is 1.36 bits per heavy atom. The Balaban J connectivity index is 1.52. The molecule has 6 heteroatoms. The third-order valence-electron chi connectivity index (χ3n) is 4.22. The van der Waals surface area contributed by atoms with Gasteiger partial charge < -0.3 is 15.4 Å².